The van der Waals surface area contributed by atoms with Gasteiger partial charge in [0.05, 0.1) is 7.11 Å². The molecule has 0 atom stereocenters. The Labute approximate surface area is 137 Å². The summed E-state index contributed by atoms with van der Waals surface area (Å²) in [5.41, 5.74) is 2.28. The number of hydrogen-bond acceptors (Lipinski definition) is 6. The third kappa shape index (κ3) is 6.77. The number of nitrogens with one attached hydrogen (secondary N) is 1. The molecule has 0 bridgehead atoms. The van der Waals surface area contributed by atoms with Crippen LogP contribution in [0.2, 0.25) is 0 Å². The summed E-state index contributed by atoms with van der Waals surface area (Å²) in [4.78, 5) is 21.5. The van der Waals surface area contributed by atoms with E-state index in [1.807, 2.05) is 5.38 Å². The molecular formula is C12H14NNaO4S. The molecule has 0 aliphatic heterocycles. The Hall–Kier alpha value is -0.820. The second kappa shape index (κ2) is 9.14. The quantitative estimate of drug-likeness (QED) is 0.348. The molecule has 0 aliphatic carbocycles. The molecule has 1 aromatic heterocycles. The zero-order valence-corrected chi connectivity index (χ0v) is 14.0. The molecule has 0 saturated carbocycles. The van der Waals surface area contributed by atoms with Gasteiger partial charge in [0.2, 0.25) is 0 Å². The predicted molar refractivity (Wildman–Crippen MR) is 65.6 cm³/mol. The molecule has 19 heavy (non-hydrogen) atoms. The average molecular weight is 291 g/mol. The number of hydrogen-bond donors (Lipinski definition) is 1. The molecule has 0 aromatic carbocycles. The van der Waals surface area contributed by atoms with Gasteiger partial charge in [-0.1, -0.05) is 0 Å². The number of thiophene rings is 1. The van der Waals surface area contributed by atoms with E-state index in [4.69, 9.17) is 0 Å². The fourth-order valence-electron chi connectivity index (χ4n) is 1.34. The average Bonchev–Trinajstić information content (AvgIpc) is 2.72. The van der Waals surface area contributed by atoms with Gasteiger partial charge >= 0.3 is 35.5 Å². The smallest absolute Gasteiger partial charge is 0.550 e. The van der Waals surface area contributed by atoms with Crippen molar-refractivity contribution in [1.29, 1.82) is 0 Å². The zero-order chi connectivity index (χ0) is 13.5. The SMILES string of the molecule is COC(=O)C=C(C)NCc1cscc1CC(=O)[O-].[Na+]. The number of carboxylic acids is 1. The number of carbonyl (C=O) groups is 2. The molecule has 5 nitrogen and oxygen atoms in total. The van der Waals surface area contributed by atoms with Crippen LogP contribution in [0.5, 0.6) is 0 Å². The summed E-state index contributed by atoms with van der Waals surface area (Å²) in [5.74, 6) is -1.53. The standard InChI is InChI=1S/C12H15NO4S.Na/c1-8(3-12(16)17-2)13-5-10-7-18-6-9(10)4-11(14)15;/h3,6-7,13H,4-5H2,1-2H3,(H,14,15);/q;+1/p-1. The minimum absolute atomic E-state index is 0. The molecule has 1 heterocycles. The van der Waals surface area contributed by atoms with E-state index in [2.05, 4.69) is 10.1 Å². The summed E-state index contributed by atoms with van der Waals surface area (Å²) < 4.78 is 4.50. The van der Waals surface area contributed by atoms with Crippen molar-refractivity contribution < 1.29 is 49.0 Å². The maximum absolute atomic E-state index is 11.0. The number of aliphatic carboxylic acids is 1. The number of esters is 1. The Kier molecular flexibility index (Phi) is 8.75. The van der Waals surface area contributed by atoms with Crippen LogP contribution in [-0.4, -0.2) is 19.0 Å². The Morgan fingerprint density at radius 3 is 2.63 bits per heavy atom. The van der Waals surface area contributed by atoms with Gasteiger partial charge in [0.1, 0.15) is 0 Å². The monoisotopic (exact) mass is 291 g/mol. The molecule has 0 fully saturated rings. The van der Waals surface area contributed by atoms with Crippen molar-refractivity contribution in [3.63, 3.8) is 0 Å². The summed E-state index contributed by atoms with van der Waals surface area (Å²) in [5, 5.41) is 17.2. The van der Waals surface area contributed by atoms with Crippen LogP contribution in [-0.2, 0) is 27.3 Å². The van der Waals surface area contributed by atoms with Crippen LogP contribution in [0.1, 0.15) is 18.1 Å². The minimum Gasteiger partial charge on any atom is -0.550 e. The summed E-state index contributed by atoms with van der Waals surface area (Å²) in [7, 11) is 1.31. The first kappa shape index (κ1) is 18.2. The summed E-state index contributed by atoms with van der Waals surface area (Å²) >= 11 is 1.44. The molecule has 1 rings (SSSR count). The van der Waals surface area contributed by atoms with Crippen LogP contribution in [0.4, 0.5) is 0 Å². The number of allylic oxidation sites excluding steroid dienone is 1. The van der Waals surface area contributed by atoms with Gasteiger partial charge in [-0.05, 0) is 28.8 Å². The van der Waals surface area contributed by atoms with Crippen LogP contribution in [0.15, 0.2) is 22.5 Å². The minimum atomic E-state index is -1.10. The first-order chi connectivity index (χ1) is 8.52. The zero-order valence-electron chi connectivity index (χ0n) is 11.2. The van der Waals surface area contributed by atoms with E-state index in [1.54, 1.807) is 12.3 Å². The van der Waals surface area contributed by atoms with Crippen molar-refractivity contribution in [3.8, 4) is 0 Å². The van der Waals surface area contributed by atoms with Gasteiger partial charge in [-0.2, -0.15) is 11.3 Å². The maximum atomic E-state index is 11.0. The van der Waals surface area contributed by atoms with E-state index < -0.39 is 11.9 Å². The third-order valence-corrected chi connectivity index (χ3v) is 3.10. The largest absolute Gasteiger partial charge is 1.00 e. The van der Waals surface area contributed by atoms with Gasteiger partial charge in [-0.3, -0.25) is 0 Å². The van der Waals surface area contributed by atoms with Gasteiger partial charge in [0, 0.05) is 30.7 Å². The van der Waals surface area contributed by atoms with Crippen LogP contribution in [0.25, 0.3) is 0 Å². The fourth-order valence-corrected chi connectivity index (χ4v) is 2.20. The third-order valence-electron chi connectivity index (χ3n) is 2.26. The summed E-state index contributed by atoms with van der Waals surface area (Å²) in [6, 6.07) is 0. The van der Waals surface area contributed by atoms with Gasteiger partial charge in [0.25, 0.3) is 0 Å². The van der Waals surface area contributed by atoms with E-state index in [0.29, 0.717) is 12.2 Å². The first-order valence-electron chi connectivity index (χ1n) is 5.27. The van der Waals surface area contributed by atoms with Gasteiger partial charge in [-0.15, -0.1) is 0 Å². The molecule has 1 aromatic rings. The van der Waals surface area contributed by atoms with Gasteiger partial charge < -0.3 is 20.0 Å². The van der Waals surface area contributed by atoms with Crippen molar-refractivity contribution >= 4 is 23.3 Å². The van der Waals surface area contributed by atoms with E-state index in [0.717, 1.165) is 11.1 Å². The normalized spacial score (nSPS) is 10.5. The second-order valence-corrected chi connectivity index (χ2v) is 4.42. The molecule has 0 spiro atoms. The van der Waals surface area contributed by atoms with E-state index in [-0.39, 0.29) is 36.0 Å². The molecule has 0 amide bonds. The molecule has 0 saturated heterocycles. The van der Waals surface area contributed by atoms with Crippen molar-refractivity contribution in [3.05, 3.63) is 33.7 Å². The molecule has 7 heteroatoms. The Bertz CT molecular complexity index is 470. The number of ether oxygens (including phenoxy) is 1. The predicted octanol–water partition coefficient (Wildman–Crippen LogP) is -2.79. The Balaban J connectivity index is 0.00000324. The first-order valence-corrected chi connectivity index (χ1v) is 6.21. The molecule has 1 N–H and O–H groups in total. The summed E-state index contributed by atoms with van der Waals surface area (Å²) in [6.45, 7) is 2.20. The van der Waals surface area contributed by atoms with E-state index >= 15 is 0 Å². The molecule has 0 unspecified atom stereocenters. The Morgan fingerprint density at radius 1 is 1.42 bits per heavy atom. The van der Waals surface area contributed by atoms with Crippen molar-refractivity contribution in [2.45, 2.75) is 19.9 Å². The number of carbonyl (C=O) groups excluding carboxylic acids is 2. The molecular weight excluding hydrogens is 277 g/mol. The van der Waals surface area contributed by atoms with E-state index in [9.17, 15) is 14.7 Å². The molecule has 0 radical (unpaired) electrons. The maximum Gasteiger partial charge on any atom is 1.00 e. The molecule has 0 aliphatic rings. The molecule has 98 valence electrons. The van der Waals surface area contributed by atoms with Crippen molar-refractivity contribution in [1.82, 2.24) is 5.32 Å². The topological polar surface area (TPSA) is 78.5 Å². The summed E-state index contributed by atoms with van der Waals surface area (Å²) in [6.07, 6.45) is 1.24. The van der Waals surface area contributed by atoms with Gasteiger partial charge in [-0.25, -0.2) is 4.79 Å². The van der Waals surface area contributed by atoms with E-state index in [1.165, 1.54) is 24.5 Å². The van der Waals surface area contributed by atoms with Crippen LogP contribution < -0.4 is 40.0 Å². The van der Waals surface area contributed by atoms with Crippen molar-refractivity contribution in [2.75, 3.05) is 7.11 Å². The van der Waals surface area contributed by atoms with Crippen molar-refractivity contribution in [2.24, 2.45) is 0 Å². The fraction of sp³-hybridized carbons (Fsp3) is 0.333. The van der Waals surface area contributed by atoms with Gasteiger partial charge in [0.15, 0.2) is 0 Å². The van der Waals surface area contributed by atoms with Crippen LogP contribution >= 0.6 is 11.3 Å². The number of carboxylic acid groups (broad SMARTS) is 1. The van der Waals surface area contributed by atoms with Crippen LogP contribution in [0.3, 0.4) is 0 Å². The van der Waals surface area contributed by atoms with Crippen LogP contribution in [0, 0.1) is 0 Å². The number of methoxy groups -OCH3 is 1. The Morgan fingerprint density at radius 2 is 2.05 bits per heavy atom. The second-order valence-electron chi connectivity index (χ2n) is 3.68. The number of rotatable bonds is 6.